The number of ether oxygens (including phenoxy) is 1. The molecule has 0 unspecified atom stereocenters. The van der Waals surface area contributed by atoms with Crippen LogP contribution in [0.2, 0.25) is 0 Å². The van der Waals surface area contributed by atoms with E-state index in [0.717, 1.165) is 48.6 Å². The van der Waals surface area contributed by atoms with Crippen LogP contribution in [0.3, 0.4) is 0 Å². The minimum Gasteiger partial charge on any atom is -0.467 e. The van der Waals surface area contributed by atoms with Crippen LogP contribution in [0.1, 0.15) is 25.3 Å². The molecule has 2 rings (SSSR count). The van der Waals surface area contributed by atoms with E-state index in [0.29, 0.717) is 0 Å². The predicted octanol–water partition coefficient (Wildman–Crippen LogP) is 3.32. The first-order chi connectivity index (χ1) is 11.6. The fraction of sp³-hybridized carbons (Fsp3) is 0.400. The quantitative estimate of drug-likeness (QED) is 0.768. The summed E-state index contributed by atoms with van der Waals surface area (Å²) < 4.78 is 5.83. The molecule has 0 aliphatic carbocycles. The number of hydrogen-bond acceptors (Lipinski definition) is 4. The molecule has 1 aliphatic heterocycles. The van der Waals surface area contributed by atoms with Crippen LogP contribution in [0.25, 0.3) is 5.70 Å². The smallest absolute Gasteiger partial charge is 0.130 e. The molecule has 130 valence electrons. The Morgan fingerprint density at radius 1 is 1.25 bits per heavy atom. The molecular formula is C20H29N3O. The summed E-state index contributed by atoms with van der Waals surface area (Å²) in [6.45, 7) is 4.01. The molecule has 0 radical (unpaired) electrons. The van der Waals surface area contributed by atoms with E-state index in [1.807, 2.05) is 19.4 Å². The zero-order chi connectivity index (χ0) is 17.4. The van der Waals surface area contributed by atoms with E-state index >= 15 is 0 Å². The van der Waals surface area contributed by atoms with Crippen LogP contribution in [-0.2, 0) is 4.74 Å². The highest BCUT2D eigenvalue weighted by Crippen LogP contribution is 2.27. The number of rotatable bonds is 8. The van der Waals surface area contributed by atoms with Gasteiger partial charge in [-0.05, 0) is 37.7 Å². The number of hydrogen-bond donors (Lipinski definition) is 2. The molecular weight excluding hydrogens is 298 g/mol. The highest BCUT2D eigenvalue weighted by Gasteiger charge is 2.15. The van der Waals surface area contributed by atoms with Crippen LogP contribution in [-0.4, -0.2) is 39.1 Å². The minimum atomic E-state index is 0.874. The molecule has 4 nitrogen and oxygen atoms in total. The zero-order valence-corrected chi connectivity index (χ0v) is 15.2. The van der Waals surface area contributed by atoms with Crippen molar-refractivity contribution in [2.45, 2.75) is 19.8 Å². The van der Waals surface area contributed by atoms with E-state index in [1.165, 1.54) is 5.57 Å². The second kappa shape index (κ2) is 9.18. The monoisotopic (exact) mass is 327 g/mol. The molecule has 4 heteroatoms. The van der Waals surface area contributed by atoms with E-state index in [4.69, 9.17) is 4.74 Å². The van der Waals surface area contributed by atoms with Gasteiger partial charge in [0.2, 0.25) is 0 Å². The van der Waals surface area contributed by atoms with Crippen molar-refractivity contribution in [3.63, 3.8) is 0 Å². The Bertz CT molecular complexity index is 615. The van der Waals surface area contributed by atoms with Gasteiger partial charge in [-0.1, -0.05) is 37.3 Å². The minimum absolute atomic E-state index is 0.874. The maximum absolute atomic E-state index is 5.83. The van der Waals surface area contributed by atoms with Crippen molar-refractivity contribution in [2.75, 3.05) is 34.2 Å². The van der Waals surface area contributed by atoms with Gasteiger partial charge in [-0.15, -0.1) is 0 Å². The van der Waals surface area contributed by atoms with Crippen molar-refractivity contribution in [1.29, 1.82) is 0 Å². The van der Waals surface area contributed by atoms with Crippen LogP contribution < -0.4 is 10.6 Å². The van der Waals surface area contributed by atoms with E-state index < -0.39 is 0 Å². The van der Waals surface area contributed by atoms with Crippen molar-refractivity contribution in [1.82, 2.24) is 15.5 Å². The molecule has 0 fully saturated rings. The van der Waals surface area contributed by atoms with E-state index in [-0.39, 0.29) is 0 Å². The lowest BCUT2D eigenvalue weighted by Crippen LogP contribution is -2.26. The molecule has 0 spiro atoms. The second-order valence-electron chi connectivity index (χ2n) is 6.17. The molecule has 2 N–H and O–H groups in total. The maximum Gasteiger partial charge on any atom is 0.130 e. The Kier molecular flexibility index (Phi) is 6.94. The number of likely N-dealkylation sites (N-methyl/N-ethyl adjacent to an activating group) is 1. The number of nitrogens with zero attached hydrogens (tertiary/aromatic N) is 1. The van der Waals surface area contributed by atoms with Crippen LogP contribution in [0.4, 0.5) is 0 Å². The molecule has 0 aromatic heterocycles. The van der Waals surface area contributed by atoms with Crippen LogP contribution in [0.5, 0.6) is 0 Å². The Labute approximate surface area is 145 Å². The van der Waals surface area contributed by atoms with E-state index in [2.05, 4.69) is 66.9 Å². The topological polar surface area (TPSA) is 36.5 Å². The lowest BCUT2D eigenvalue weighted by Gasteiger charge is -2.16. The summed E-state index contributed by atoms with van der Waals surface area (Å²) in [5, 5.41) is 6.84. The van der Waals surface area contributed by atoms with Gasteiger partial charge in [-0.25, -0.2) is 0 Å². The highest BCUT2D eigenvalue weighted by molar-refractivity contribution is 5.66. The van der Waals surface area contributed by atoms with Gasteiger partial charge in [0.05, 0.1) is 12.0 Å². The second-order valence-corrected chi connectivity index (χ2v) is 6.17. The van der Waals surface area contributed by atoms with Gasteiger partial charge in [0, 0.05) is 32.3 Å². The van der Waals surface area contributed by atoms with Gasteiger partial charge < -0.3 is 20.3 Å². The summed E-state index contributed by atoms with van der Waals surface area (Å²) in [7, 11) is 6.11. The summed E-state index contributed by atoms with van der Waals surface area (Å²) in [4.78, 5) is 2.17. The molecule has 1 aliphatic rings. The standard InChI is InChI=1S/C20H29N3O/c1-5-16-13-20(24-15-16)19(22-11-12-23(3)4)14-18(21-2)17-9-7-6-8-10-17/h6-10,14-15,21-22H,5,11-13H2,1-4H3/b18-14-,20-19-. The third-order valence-electron chi connectivity index (χ3n) is 4.03. The van der Waals surface area contributed by atoms with Gasteiger partial charge >= 0.3 is 0 Å². The Balaban J connectivity index is 2.25. The van der Waals surface area contributed by atoms with Crippen molar-refractivity contribution in [2.24, 2.45) is 0 Å². The molecule has 24 heavy (non-hydrogen) atoms. The molecule has 0 amide bonds. The third-order valence-corrected chi connectivity index (χ3v) is 4.03. The van der Waals surface area contributed by atoms with Gasteiger partial charge in [0.15, 0.2) is 0 Å². The van der Waals surface area contributed by atoms with Crippen molar-refractivity contribution >= 4 is 5.70 Å². The van der Waals surface area contributed by atoms with Gasteiger partial charge in [-0.2, -0.15) is 0 Å². The van der Waals surface area contributed by atoms with E-state index in [9.17, 15) is 0 Å². The summed E-state index contributed by atoms with van der Waals surface area (Å²) >= 11 is 0. The van der Waals surface area contributed by atoms with Crippen LogP contribution in [0, 0.1) is 0 Å². The average Bonchev–Trinajstić information content (AvgIpc) is 3.07. The first-order valence-electron chi connectivity index (χ1n) is 8.55. The summed E-state index contributed by atoms with van der Waals surface area (Å²) in [5.41, 5.74) is 4.61. The lowest BCUT2D eigenvalue weighted by atomic mass is 10.1. The van der Waals surface area contributed by atoms with Gasteiger partial charge in [0.25, 0.3) is 0 Å². The normalized spacial score (nSPS) is 16.7. The third kappa shape index (κ3) is 5.17. The number of allylic oxidation sites excluding steroid dienone is 2. The molecule has 0 saturated carbocycles. The molecule has 0 saturated heterocycles. The predicted molar refractivity (Wildman–Crippen MR) is 101 cm³/mol. The first kappa shape index (κ1) is 18.1. The first-order valence-corrected chi connectivity index (χ1v) is 8.55. The Morgan fingerprint density at radius 2 is 2.00 bits per heavy atom. The fourth-order valence-electron chi connectivity index (χ4n) is 2.52. The van der Waals surface area contributed by atoms with Gasteiger partial charge in [0.1, 0.15) is 5.76 Å². The fourth-order valence-corrected chi connectivity index (χ4v) is 2.52. The van der Waals surface area contributed by atoms with Crippen molar-refractivity contribution in [3.05, 3.63) is 65.3 Å². The van der Waals surface area contributed by atoms with Crippen LogP contribution >= 0.6 is 0 Å². The van der Waals surface area contributed by atoms with Crippen LogP contribution in [0.15, 0.2) is 59.7 Å². The molecule has 0 atom stereocenters. The summed E-state index contributed by atoms with van der Waals surface area (Å²) in [5.74, 6) is 0.995. The largest absolute Gasteiger partial charge is 0.467 e. The highest BCUT2D eigenvalue weighted by atomic mass is 16.5. The Morgan fingerprint density at radius 3 is 2.58 bits per heavy atom. The molecule has 1 aromatic carbocycles. The Hall–Kier alpha value is -2.20. The molecule has 1 heterocycles. The van der Waals surface area contributed by atoms with E-state index in [1.54, 1.807) is 0 Å². The van der Waals surface area contributed by atoms with Crippen molar-refractivity contribution in [3.8, 4) is 0 Å². The molecule has 1 aromatic rings. The number of nitrogens with one attached hydrogen (secondary N) is 2. The summed E-state index contributed by atoms with van der Waals surface area (Å²) in [6.07, 6.45) is 5.93. The SMILES string of the molecule is CCC1=CO/C(=C(/C=C(\NC)c2ccccc2)NCCN(C)C)C1. The van der Waals surface area contributed by atoms with Crippen molar-refractivity contribution < 1.29 is 4.74 Å². The van der Waals surface area contributed by atoms with Gasteiger partial charge in [-0.3, -0.25) is 0 Å². The maximum atomic E-state index is 5.83. The lowest BCUT2D eigenvalue weighted by molar-refractivity contribution is 0.355. The molecule has 0 bridgehead atoms. The summed E-state index contributed by atoms with van der Waals surface area (Å²) in [6, 6.07) is 10.3. The average molecular weight is 327 g/mol. The number of benzene rings is 1. The zero-order valence-electron chi connectivity index (χ0n) is 15.2.